The SMILES string of the molecule is Cc1nn(CCCS)c(C)c1Cl. The van der Waals surface area contributed by atoms with Gasteiger partial charge < -0.3 is 0 Å². The Hall–Kier alpha value is -0.150. The zero-order chi connectivity index (χ0) is 9.14. The van der Waals surface area contributed by atoms with Crippen molar-refractivity contribution >= 4 is 24.2 Å². The Morgan fingerprint density at radius 1 is 1.50 bits per heavy atom. The molecule has 0 bridgehead atoms. The lowest BCUT2D eigenvalue weighted by atomic mass is 10.4. The van der Waals surface area contributed by atoms with Crippen molar-refractivity contribution in [3.63, 3.8) is 0 Å². The van der Waals surface area contributed by atoms with Gasteiger partial charge >= 0.3 is 0 Å². The van der Waals surface area contributed by atoms with Crippen LogP contribution in [0.1, 0.15) is 17.8 Å². The molecule has 0 aliphatic heterocycles. The Bertz CT molecular complexity index is 270. The van der Waals surface area contributed by atoms with E-state index < -0.39 is 0 Å². The molecule has 0 atom stereocenters. The highest BCUT2D eigenvalue weighted by molar-refractivity contribution is 7.80. The van der Waals surface area contributed by atoms with Gasteiger partial charge in [-0.2, -0.15) is 17.7 Å². The third-order valence-electron chi connectivity index (χ3n) is 1.82. The van der Waals surface area contributed by atoms with Crippen molar-refractivity contribution in [1.82, 2.24) is 9.78 Å². The molecule has 0 radical (unpaired) electrons. The van der Waals surface area contributed by atoms with Crippen LogP contribution in [-0.4, -0.2) is 15.5 Å². The molecule has 4 heteroatoms. The molecule has 0 unspecified atom stereocenters. The van der Waals surface area contributed by atoms with Gasteiger partial charge in [0.25, 0.3) is 0 Å². The van der Waals surface area contributed by atoms with Gasteiger partial charge in [0.15, 0.2) is 0 Å². The summed E-state index contributed by atoms with van der Waals surface area (Å²) in [5, 5.41) is 5.08. The van der Waals surface area contributed by atoms with Crippen LogP contribution in [0.5, 0.6) is 0 Å². The van der Waals surface area contributed by atoms with E-state index in [9.17, 15) is 0 Å². The molecule has 1 aromatic rings. The molecule has 68 valence electrons. The number of aryl methyl sites for hydroxylation is 2. The molecule has 0 fully saturated rings. The van der Waals surface area contributed by atoms with Gasteiger partial charge in [0.2, 0.25) is 0 Å². The number of halogens is 1. The smallest absolute Gasteiger partial charge is 0.0844 e. The highest BCUT2D eigenvalue weighted by Gasteiger charge is 2.07. The highest BCUT2D eigenvalue weighted by Crippen LogP contribution is 2.18. The first-order chi connectivity index (χ1) is 5.66. The Morgan fingerprint density at radius 2 is 2.17 bits per heavy atom. The quantitative estimate of drug-likeness (QED) is 0.750. The van der Waals surface area contributed by atoms with Crippen molar-refractivity contribution in [1.29, 1.82) is 0 Å². The van der Waals surface area contributed by atoms with Crippen molar-refractivity contribution in [3.8, 4) is 0 Å². The van der Waals surface area contributed by atoms with Crippen molar-refractivity contribution in [2.24, 2.45) is 0 Å². The van der Waals surface area contributed by atoms with Gasteiger partial charge in [0, 0.05) is 6.54 Å². The topological polar surface area (TPSA) is 17.8 Å². The molecule has 0 amide bonds. The third kappa shape index (κ3) is 1.96. The molecule has 0 spiro atoms. The Balaban J connectivity index is 2.79. The molecule has 1 heterocycles. The Morgan fingerprint density at radius 3 is 2.58 bits per heavy atom. The third-order valence-corrected chi connectivity index (χ3v) is 2.68. The molecule has 2 nitrogen and oxygen atoms in total. The summed E-state index contributed by atoms with van der Waals surface area (Å²) >= 11 is 10.1. The lowest BCUT2D eigenvalue weighted by Gasteiger charge is -2.01. The molecular weight excluding hydrogens is 192 g/mol. The van der Waals surface area contributed by atoms with Crippen LogP contribution < -0.4 is 0 Å². The largest absolute Gasteiger partial charge is 0.268 e. The van der Waals surface area contributed by atoms with Gasteiger partial charge in [-0.05, 0) is 26.0 Å². The van der Waals surface area contributed by atoms with Crippen LogP contribution in [-0.2, 0) is 6.54 Å². The number of hydrogen-bond donors (Lipinski definition) is 1. The summed E-state index contributed by atoms with van der Waals surface area (Å²) in [6.45, 7) is 4.82. The number of thiol groups is 1. The van der Waals surface area contributed by atoms with Crippen molar-refractivity contribution < 1.29 is 0 Å². The normalized spacial score (nSPS) is 10.7. The van der Waals surface area contributed by atoms with E-state index >= 15 is 0 Å². The minimum atomic E-state index is 0.786. The first-order valence-corrected chi connectivity index (χ1v) is 4.98. The molecule has 0 aliphatic rings. The van der Waals surface area contributed by atoms with Crippen molar-refractivity contribution in [3.05, 3.63) is 16.4 Å². The van der Waals surface area contributed by atoms with Crippen LogP contribution in [0, 0.1) is 13.8 Å². The molecule has 12 heavy (non-hydrogen) atoms. The van der Waals surface area contributed by atoms with E-state index in [1.807, 2.05) is 18.5 Å². The van der Waals surface area contributed by atoms with Gasteiger partial charge in [-0.25, -0.2) is 0 Å². The van der Waals surface area contributed by atoms with Crippen LogP contribution in [0.25, 0.3) is 0 Å². The lowest BCUT2D eigenvalue weighted by molar-refractivity contribution is 0.587. The Kier molecular flexibility index (Phi) is 3.47. The number of hydrogen-bond acceptors (Lipinski definition) is 2. The maximum absolute atomic E-state index is 5.97. The van der Waals surface area contributed by atoms with Crippen LogP contribution in [0.4, 0.5) is 0 Å². The molecule has 1 rings (SSSR count). The van der Waals surface area contributed by atoms with E-state index in [0.29, 0.717) is 0 Å². The van der Waals surface area contributed by atoms with Crippen LogP contribution in [0.15, 0.2) is 0 Å². The predicted octanol–water partition coefficient (Wildman–Crippen LogP) is 2.47. The lowest BCUT2D eigenvalue weighted by Crippen LogP contribution is -2.02. The van der Waals surface area contributed by atoms with Crippen LogP contribution >= 0.6 is 24.2 Å². The molecular formula is C8H13ClN2S. The average molecular weight is 205 g/mol. The summed E-state index contributed by atoms with van der Waals surface area (Å²) in [6.07, 6.45) is 1.03. The second kappa shape index (κ2) is 4.19. The molecule has 0 aliphatic carbocycles. The minimum Gasteiger partial charge on any atom is -0.268 e. The fourth-order valence-corrected chi connectivity index (χ4v) is 1.39. The first-order valence-electron chi connectivity index (χ1n) is 3.97. The van der Waals surface area contributed by atoms with Gasteiger partial charge in [0.1, 0.15) is 0 Å². The van der Waals surface area contributed by atoms with Crippen LogP contribution in [0.2, 0.25) is 5.02 Å². The summed E-state index contributed by atoms with van der Waals surface area (Å²) in [5.74, 6) is 0.885. The average Bonchev–Trinajstić information content (AvgIpc) is 2.30. The number of aromatic nitrogens is 2. The second-order valence-corrected chi connectivity index (χ2v) is 3.61. The second-order valence-electron chi connectivity index (χ2n) is 2.79. The van der Waals surface area contributed by atoms with Crippen LogP contribution in [0.3, 0.4) is 0 Å². The maximum Gasteiger partial charge on any atom is 0.0844 e. The summed E-state index contributed by atoms with van der Waals surface area (Å²) in [4.78, 5) is 0. The van der Waals surface area contributed by atoms with E-state index in [0.717, 1.165) is 35.1 Å². The summed E-state index contributed by atoms with van der Waals surface area (Å²) in [7, 11) is 0. The zero-order valence-corrected chi connectivity index (χ0v) is 8.99. The van der Waals surface area contributed by atoms with E-state index in [1.54, 1.807) is 0 Å². The van der Waals surface area contributed by atoms with E-state index in [4.69, 9.17) is 11.6 Å². The zero-order valence-electron chi connectivity index (χ0n) is 7.34. The summed E-state index contributed by atoms with van der Waals surface area (Å²) in [5.41, 5.74) is 1.96. The van der Waals surface area contributed by atoms with Gasteiger partial charge in [0.05, 0.1) is 16.4 Å². The van der Waals surface area contributed by atoms with Gasteiger partial charge in [-0.15, -0.1) is 0 Å². The van der Waals surface area contributed by atoms with E-state index in [1.165, 1.54) is 0 Å². The molecule has 1 aromatic heterocycles. The van der Waals surface area contributed by atoms with Gasteiger partial charge in [-0.1, -0.05) is 11.6 Å². The maximum atomic E-state index is 5.97. The Labute approximate surface area is 83.3 Å². The minimum absolute atomic E-state index is 0.786. The predicted molar refractivity (Wildman–Crippen MR) is 55.2 cm³/mol. The van der Waals surface area contributed by atoms with Crippen molar-refractivity contribution in [2.45, 2.75) is 26.8 Å². The summed E-state index contributed by atoms with van der Waals surface area (Å²) in [6, 6.07) is 0. The fourth-order valence-electron chi connectivity index (χ4n) is 1.11. The summed E-state index contributed by atoms with van der Waals surface area (Å²) < 4.78 is 1.94. The number of nitrogens with zero attached hydrogens (tertiary/aromatic N) is 2. The van der Waals surface area contributed by atoms with Gasteiger partial charge in [-0.3, -0.25) is 4.68 Å². The first kappa shape index (κ1) is 9.93. The molecule has 0 saturated carbocycles. The van der Waals surface area contributed by atoms with Crippen molar-refractivity contribution in [2.75, 3.05) is 5.75 Å². The molecule has 0 saturated heterocycles. The van der Waals surface area contributed by atoms with E-state index in [2.05, 4.69) is 17.7 Å². The van der Waals surface area contributed by atoms with E-state index in [-0.39, 0.29) is 0 Å². The fraction of sp³-hybridized carbons (Fsp3) is 0.625. The molecule has 0 N–H and O–H groups in total. The monoisotopic (exact) mass is 204 g/mol. The molecule has 0 aromatic carbocycles. The highest BCUT2D eigenvalue weighted by atomic mass is 35.5. The number of rotatable bonds is 3. The standard InChI is InChI=1S/C8H13ClN2S/c1-6-8(9)7(2)11(10-6)4-3-5-12/h12H,3-5H2,1-2H3.